The van der Waals surface area contributed by atoms with Crippen LogP contribution in [0, 0.1) is 5.82 Å². The number of ether oxygens (including phenoxy) is 1. The molecule has 2 aromatic heterocycles. The fourth-order valence-electron chi connectivity index (χ4n) is 5.81. The van der Waals surface area contributed by atoms with Gasteiger partial charge in [-0.3, -0.25) is 4.79 Å². The molecular formula is C30H33Cl2FN4O3S. The van der Waals surface area contributed by atoms with E-state index in [1.54, 1.807) is 24.3 Å². The molecule has 0 radical (unpaired) electrons. The van der Waals surface area contributed by atoms with Gasteiger partial charge in [0, 0.05) is 49.3 Å². The van der Waals surface area contributed by atoms with Gasteiger partial charge in [-0.1, -0.05) is 42.3 Å². The molecule has 1 aliphatic carbocycles. The molecule has 2 atom stereocenters. The first kappa shape index (κ1) is 28.6. The summed E-state index contributed by atoms with van der Waals surface area (Å²) in [6.45, 7) is 2.55. The molecule has 41 heavy (non-hydrogen) atoms. The van der Waals surface area contributed by atoms with Gasteiger partial charge in [-0.25, -0.2) is 4.98 Å². The van der Waals surface area contributed by atoms with Gasteiger partial charge in [-0.2, -0.15) is 4.39 Å². The number of aryl methyl sites for hydroxylation is 2. The highest BCUT2D eigenvalue weighted by Crippen LogP contribution is 2.41. The minimum Gasteiger partial charge on any atom is -0.473 e. The summed E-state index contributed by atoms with van der Waals surface area (Å²) in [5, 5.41) is 9.37. The number of benzene rings is 1. The third kappa shape index (κ3) is 6.19. The topological polar surface area (TPSA) is 80.5 Å². The highest BCUT2D eigenvalue weighted by molar-refractivity contribution is 7.12. The second kappa shape index (κ2) is 12.4. The van der Waals surface area contributed by atoms with Crippen LogP contribution in [0.25, 0.3) is 5.57 Å². The highest BCUT2D eigenvalue weighted by Gasteiger charge is 2.41. The van der Waals surface area contributed by atoms with Gasteiger partial charge < -0.3 is 19.5 Å². The van der Waals surface area contributed by atoms with E-state index in [0.717, 1.165) is 65.1 Å². The summed E-state index contributed by atoms with van der Waals surface area (Å²) >= 11 is 14.5. The molecule has 3 aliphatic rings. The third-order valence-corrected chi connectivity index (χ3v) is 10.0. The highest BCUT2D eigenvalue weighted by atomic mass is 35.5. The van der Waals surface area contributed by atoms with E-state index >= 15 is 0 Å². The number of carbonyl (C=O) groups excluding carboxylic acids is 1. The Balaban J connectivity index is 1.21. The van der Waals surface area contributed by atoms with E-state index in [1.807, 2.05) is 23.2 Å². The van der Waals surface area contributed by atoms with Gasteiger partial charge in [0.05, 0.1) is 26.5 Å². The molecule has 4 heterocycles. The summed E-state index contributed by atoms with van der Waals surface area (Å²) in [4.78, 5) is 22.1. The zero-order valence-electron chi connectivity index (χ0n) is 22.9. The standard InChI is InChI=1S/C30H33Cl2FN4O3S/c1-2-23-28(33)29(36-40-23)39-13-5-10-25-34-15-24(41-25)20-14-18-7-4-9-22(35-18)26(20)30(38)37(19-11-12-19)16-17-6-3-8-21(31)27(17)32/h3,6,8,15,18-19,22,35H,2,4-5,7,9-14,16H2,1H3. The number of nitrogens with one attached hydrogen (secondary N) is 1. The van der Waals surface area contributed by atoms with E-state index in [-0.39, 0.29) is 29.6 Å². The van der Waals surface area contributed by atoms with Crippen molar-refractivity contribution in [2.45, 2.75) is 89.4 Å². The molecule has 7 nitrogen and oxygen atoms in total. The smallest absolute Gasteiger partial charge is 0.291 e. The zero-order valence-corrected chi connectivity index (χ0v) is 25.3. The molecule has 3 aromatic rings. The van der Waals surface area contributed by atoms with E-state index in [1.165, 1.54) is 0 Å². The molecule has 6 rings (SSSR count). The Morgan fingerprint density at radius 3 is 2.90 bits per heavy atom. The molecule has 218 valence electrons. The van der Waals surface area contributed by atoms with Crippen LogP contribution in [0.4, 0.5) is 4.39 Å². The summed E-state index contributed by atoms with van der Waals surface area (Å²) in [6, 6.07) is 6.21. The Labute approximate surface area is 253 Å². The predicted molar refractivity (Wildman–Crippen MR) is 158 cm³/mol. The minimum absolute atomic E-state index is 0.0328. The summed E-state index contributed by atoms with van der Waals surface area (Å²) in [5.74, 6) is -0.329. The van der Waals surface area contributed by atoms with Crippen LogP contribution in [0.15, 0.2) is 34.5 Å². The Kier molecular flexibility index (Phi) is 8.68. The Bertz CT molecular complexity index is 1450. The van der Waals surface area contributed by atoms with Crippen LogP contribution in [0.1, 0.15) is 73.1 Å². The summed E-state index contributed by atoms with van der Waals surface area (Å²) < 4.78 is 24.6. The number of carbonyl (C=O) groups is 1. The van der Waals surface area contributed by atoms with E-state index in [2.05, 4.69) is 15.5 Å². The molecule has 2 fully saturated rings. The second-order valence-electron chi connectivity index (χ2n) is 11.0. The fourth-order valence-corrected chi connectivity index (χ4v) is 7.22. The number of hydrogen-bond donors (Lipinski definition) is 1. The SMILES string of the molecule is CCc1onc(OCCCc2ncc(C3=C(C(=O)N(Cc4cccc(Cl)c4Cl)C4CC4)C4CCCC(C3)N4)s2)c1F. The third-order valence-electron chi connectivity index (χ3n) is 8.07. The van der Waals surface area contributed by atoms with Crippen molar-refractivity contribution in [1.29, 1.82) is 0 Å². The van der Waals surface area contributed by atoms with Crippen LogP contribution in [0.3, 0.4) is 0 Å². The predicted octanol–water partition coefficient (Wildman–Crippen LogP) is 7.01. The lowest BCUT2D eigenvalue weighted by Crippen LogP contribution is -2.51. The lowest BCUT2D eigenvalue weighted by atomic mass is 9.81. The van der Waals surface area contributed by atoms with Crippen molar-refractivity contribution < 1.29 is 18.4 Å². The molecule has 2 aliphatic heterocycles. The quantitative estimate of drug-likeness (QED) is 0.233. The zero-order chi connectivity index (χ0) is 28.5. The van der Waals surface area contributed by atoms with Crippen molar-refractivity contribution in [3.63, 3.8) is 0 Å². The first-order valence-corrected chi connectivity index (χ1v) is 15.9. The van der Waals surface area contributed by atoms with Crippen molar-refractivity contribution >= 4 is 46.0 Å². The average Bonchev–Trinajstić information content (AvgIpc) is 3.59. The van der Waals surface area contributed by atoms with Crippen molar-refractivity contribution in [2.75, 3.05) is 6.61 Å². The molecule has 1 N–H and O–H groups in total. The molecular weight excluding hydrogens is 586 g/mol. The monoisotopic (exact) mass is 618 g/mol. The number of rotatable bonds is 11. The van der Waals surface area contributed by atoms with Crippen LogP contribution < -0.4 is 10.1 Å². The average molecular weight is 620 g/mol. The fraction of sp³-hybridized carbons (Fsp3) is 0.500. The molecule has 1 saturated heterocycles. The maximum Gasteiger partial charge on any atom is 0.291 e. The lowest BCUT2D eigenvalue weighted by Gasteiger charge is -2.40. The first-order valence-electron chi connectivity index (χ1n) is 14.4. The van der Waals surface area contributed by atoms with Crippen LogP contribution in [0.5, 0.6) is 5.88 Å². The Morgan fingerprint density at radius 1 is 1.27 bits per heavy atom. The molecule has 1 amide bonds. The van der Waals surface area contributed by atoms with Gasteiger partial charge in [0.15, 0.2) is 5.76 Å². The van der Waals surface area contributed by atoms with Gasteiger partial charge in [0.25, 0.3) is 11.8 Å². The van der Waals surface area contributed by atoms with Gasteiger partial charge in [-0.15, -0.1) is 11.3 Å². The van der Waals surface area contributed by atoms with Crippen molar-refractivity contribution in [3.8, 4) is 5.88 Å². The molecule has 2 unspecified atom stereocenters. The van der Waals surface area contributed by atoms with Crippen LogP contribution in [-0.4, -0.2) is 45.7 Å². The number of amides is 1. The number of hydrogen-bond acceptors (Lipinski definition) is 7. The van der Waals surface area contributed by atoms with E-state index in [0.29, 0.717) is 48.5 Å². The normalized spacial score (nSPS) is 20.4. The first-order chi connectivity index (χ1) is 19.9. The van der Waals surface area contributed by atoms with Crippen LogP contribution in [0.2, 0.25) is 10.0 Å². The van der Waals surface area contributed by atoms with Crippen molar-refractivity contribution in [3.05, 3.63) is 67.0 Å². The van der Waals surface area contributed by atoms with Crippen LogP contribution >= 0.6 is 34.5 Å². The Morgan fingerprint density at radius 2 is 2.12 bits per heavy atom. The van der Waals surface area contributed by atoms with E-state index in [4.69, 9.17) is 32.5 Å². The van der Waals surface area contributed by atoms with E-state index in [9.17, 15) is 9.18 Å². The number of halogens is 3. The van der Waals surface area contributed by atoms with Crippen molar-refractivity contribution in [2.24, 2.45) is 0 Å². The molecule has 11 heteroatoms. The van der Waals surface area contributed by atoms with E-state index < -0.39 is 5.82 Å². The Hall–Kier alpha value is -2.46. The molecule has 1 aromatic carbocycles. The summed E-state index contributed by atoms with van der Waals surface area (Å²) in [6.07, 6.45) is 9.64. The van der Waals surface area contributed by atoms with Gasteiger partial charge in [0.2, 0.25) is 5.82 Å². The lowest BCUT2D eigenvalue weighted by molar-refractivity contribution is -0.128. The van der Waals surface area contributed by atoms with Gasteiger partial charge >= 0.3 is 0 Å². The van der Waals surface area contributed by atoms with Gasteiger partial charge in [0.1, 0.15) is 0 Å². The maximum absolute atomic E-state index is 14.3. The number of fused-ring (bicyclic) bond motifs is 2. The molecule has 2 bridgehead atoms. The largest absolute Gasteiger partial charge is 0.473 e. The summed E-state index contributed by atoms with van der Waals surface area (Å²) in [5.41, 5.74) is 2.85. The van der Waals surface area contributed by atoms with Crippen molar-refractivity contribution in [1.82, 2.24) is 20.4 Å². The maximum atomic E-state index is 14.3. The summed E-state index contributed by atoms with van der Waals surface area (Å²) in [7, 11) is 0. The van der Waals surface area contributed by atoms with Crippen LogP contribution in [-0.2, 0) is 24.2 Å². The second-order valence-corrected chi connectivity index (χ2v) is 12.9. The number of aromatic nitrogens is 2. The number of thiazole rings is 1. The molecule has 0 spiro atoms. The molecule has 1 saturated carbocycles. The number of piperidine rings is 1. The van der Waals surface area contributed by atoms with Gasteiger partial charge in [-0.05, 0) is 67.3 Å². The minimum atomic E-state index is -0.525. The number of nitrogens with zero attached hydrogens (tertiary/aromatic N) is 3.